The lowest BCUT2D eigenvalue weighted by Crippen LogP contribution is -2.41. The van der Waals surface area contributed by atoms with Crippen LogP contribution in [0, 0.1) is 17.2 Å². The van der Waals surface area contributed by atoms with Gasteiger partial charge < -0.3 is 15.0 Å². The number of nitriles is 1. The molecule has 1 amide bonds. The quantitative estimate of drug-likeness (QED) is 0.419. The Balaban J connectivity index is 0.000000784. The van der Waals surface area contributed by atoms with Crippen LogP contribution in [0.3, 0.4) is 0 Å². The molecular weight excluding hydrogens is 494 g/mol. The minimum Gasteiger partial charge on any atom is -0.496 e. The van der Waals surface area contributed by atoms with Crippen LogP contribution in [0.4, 0.5) is 0 Å². The molecule has 35 heavy (non-hydrogen) atoms. The molecule has 1 aliphatic heterocycles. The first-order valence-electron chi connectivity index (χ1n) is 10.8. The molecule has 0 saturated carbocycles. The standard InChI is InChI=1S/C23H24ClN3O3.CH4O3S/c1-30-21-7-2-16(15-25)14-20(21)23(29)26-10-13-27-11-8-18(9-12-27)22(28)17-3-5-19(24)6-4-17;1-5(2,3)4/h2-7,14,18H,8-13H2,1H3,(H,26,29);1H3,(H,2,3,4). The van der Waals surface area contributed by atoms with Crippen LogP contribution in [0.25, 0.3) is 0 Å². The van der Waals surface area contributed by atoms with E-state index in [1.54, 1.807) is 36.4 Å². The Morgan fingerprint density at radius 1 is 1.20 bits per heavy atom. The largest absolute Gasteiger partial charge is 0.496 e. The number of ketones is 1. The number of benzene rings is 2. The molecule has 11 heteroatoms. The SMILES string of the molecule is COc1ccc(C#N)cc1C(=O)NCCN1CCC(C(=O)c2ccc(Cl)cc2)CC1.CS(=O)(=O)O. The fourth-order valence-electron chi connectivity index (χ4n) is 3.65. The van der Waals surface area contributed by atoms with Crippen LogP contribution in [0.5, 0.6) is 5.75 Å². The maximum absolute atomic E-state index is 12.6. The third-order valence-corrected chi connectivity index (χ3v) is 5.63. The summed E-state index contributed by atoms with van der Waals surface area (Å²) in [5.74, 6) is 0.365. The first-order chi connectivity index (χ1) is 16.5. The highest BCUT2D eigenvalue weighted by Gasteiger charge is 2.25. The summed E-state index contributed by atoms with van der Waals surface area (Å²) >= 11 is 5.89. The van der Waals surface area contributed by atoms with Crippen molar-refractivity contribution in [3.8, 4) is 11.8 Å². The number of hydrogen-bond acceptors (Lipinski definition) is 7. The van der Waals surface area contributed by atoms with E-state index in [1.165, 1.54) is 13.2 Å². The molecule has 1 saturated heterocycles. The lowest BCUT2D eigenvalue weighted by molar-refractivity contribution is 0.0839. The fraction of sp³-hybridized carbons (Fsp3) is 0.375. The number of halogens is 1. The van der Waals surface area contributed by atoms with Gasteiger partial charge in [0.25, 0.3) is 16.0 Å². The number of nitrogens with one attached hydrogen (secondary N) is 1. The average Bonchev–Trinajstić information content (AvgIpc) is 2.83. The number of ether oxygens (including phenoxy) is 1. The van der Waals surface area contributed by atoms with Gasteiger partial charge >= 0.3 is 0 Å². The number of Topliss-reactive ketones (excluding diaryl/α,β-unsaturated/α-hetero) is 1. The van der Waals surface area contributed by atoms with Crippen LogP contribution >= 0.6 is 11.6 Å². The van der Waals surface area contributed by atoms with Crippen molar-refractivity contribution in [2.45, 2.75) is 12.8 Å². The molecule has 2 N–H and O–H groups in total. The molecule has 0 bridgehead atoms. The maximum atomic E-state index is 12.6. The van der Waals surface area contributed by atoms with Crippen molar-refractivity contribution in [1.82, 2.24) is 10.2 Å². The molecule has 0 aromatic heterocycles. The molecule has 0 aliphatic carbocycles. The van der Waals surface area contributed by atoms with Crippen molar-refractivity contribution < 1.29 is 27.3 Å². The van der Waals surface area contributed by atoms with E-state index in [4.69, 9.17) is 26.2 Å². The third-order valence-electron chi connectivity index (χ3n) is 5.37. The van der Waals surface area contributed by atoms with Crippen molar-refractivity contribution >= 4 is 33.4 Å². The molecule has 9 nitrogen and oxygen atoms in total. The van der Waals surface area contributed by atoms with Crippen molar-refractivity contribution in [3.05, 3.63) is 64.2 Å². The topological polar surface area (TPSA) is 137 Å². The van der Waals surface area contributed by atoms with Gasteiger partial charge in [0.15, 0.2) is 5.78 Å². The lowest BCUT2D eigenvalue weighted by Gasteiger charge is -2.31. The molecule has 188 valence electrons. The van der Waals surface area contributed by atoms with Gasteiger partial charge in [0.1, 0.15) is 5.75 Å². The van der Waals surface area contributed by atoms with E-state index in [0.717, 1.165) is 25.9 Å². The zero-order chi connectivity index (χ0) is 26.0. The van der Waals surface area contributed by atoms with Crippen LogP contribution in [-0.4, -0.2) is 69.1 Å². The smallest absolute Gasteiger partial charge is 0.261 e. The number of piperidine rings is 1. The van der Waals surface area contributed by atoms with Gasteiger partial charge in [-0.05, 0) is 68.4 Å². The summed E-state index contributed by atoms with van der Waals surface area (Å²) in [5.41, 5.74) is 1.47. The number of methoxy groups -OCH3 is 1. The van der Waals surface area contributed by atoms with Crippen molar-refractivity contribution in [1.29, 1.82) is 5.26 Å². The molecule has 1 heterocycles. The van der Waals surface area contributed by atoms with Gasteiger partial charge in [-0.25, -0.2) is 0 Å². The summed E-state index contributed by atoms with van der Waals surface area (Å²) in [7, 11) is -2.17. The summed E-state index contributed by atoms with van der Waals surface area (Å²) in [6.45, 7) is 2.81. The number of carbonyl (C=O) groups excluding carboxylic acids is 2. The molecule has 3 rings (SSSR count). The average molecular weight is 522 g/mol. The normalized spacial score (nSPS) is 14.3. The number of rotatable bonds is 7. The van der Waals surface area contributed by atoms with Gasteiger partial charge in [-0.2, -0.15) is 13.7 Å². The Morgan fingerprint density at radius 2 is 1.80 bits per heavy atom. The van der Waals surface area contributed by atoms with Gasteiger partial charge in [-0.15, -0.1) is 0 Å². The summed E-state index contributed by atoms with van der Waals surface area (Å²) in [6, 6.07) is 13.8. The molecule has 0 atom stereocenters. The van der Waals surface area contributed by atoms with Gasteiger partial charge in [0.05, 0.1) is 30.6 Å². The summed E-state index contributed by atoms with van der Waals surface area (Å²) in [6.07, 6.45) is 2.31. The van der Waals surface area contributed by atoms with Crippen LogP contribution in [0.1, 0.15) is 39.1 Å². The highest BCUT2D eigenvalue weighted by atomic mass is 35.5. The second-order valence-corrected chi connectivity index (χ2v) is 9.91. The number of likely N-dealkylation sites (tertiary alicyclic amines) is 1. The van der Waals surface area contributed by atoms with E-state index in [0.29, 0.717) is 46.8 Å². The summed E-state index contributed by atoms with van der Waals surface area (Å²) in [4.78, 5) is 27.4. The van der Waals surface area contributed by atoms with E-state index < -0.39 is 10.1 Å². The van der Waals surface area contributed by atoms with Gasteiger partial charge in [0.2, 0.25) is 0 Å². The van der Waals surface area contributed by atoms with E-state index >= 15 is 0 Å². The lowest BCUT2D eigenvalue weighted by atomic mass is 9.89. The highest BCUT2D eigenvalue weighted by Crippen LogP contribution is 2.23. The van der Waals surface area contributed by atoms with Gasteiger partial charge in [-0.1, -0.05) is 11.6 Å². The Labute approximate surface area is 210 Å². The minimum atomic E-state index is -3.67. The summed E-state index contributed by atoms with van der Waals surface area (Å²) in [5, 5.41) is 12.6. The predicted molar refractivity (Wildman–Crippen MR) is 132 cm³/mol. The Bertz CT molecular complexity index is 1160. The van der Waals surface area contributed by atoms with Crippen LogP contribution in [0.15, 0.2) is 42.5 Å². The molecule has 1 fully saturated rings. The monoisotopic (exact) mass is 521 g/mol. The molecule has 0 radical (unpaired) electrons. The second-order valence-electron chi connectivity index (χ2n) is 8.00. The van der Waals surface area contributed by atoms with Crippen LogP contribution < -0.4 is 10.1 Å². The van der Waals surface area contributed by atoms with E-state index in [9.17, 15) is 18.0 Å². The van der Waals surface area contributed by atoms with E-state index in [2.05, 4.69) is 10.2 Å². The minimum absolute atomic E-state index is 0.0231. The van der Waals surface area contributed by atoms with E-state index in [1.807, 2.05) is 6.07 Å². The predicted octanol–water partition coefficient (Wildman–Crippen LogP) is 3.05. The van der Waals surface area contributed by atoms with Crippen LogP contribution in [0.2, 0.25) is 5.02 Å². The zero-order valence-corrected chi connectivity index (χ0v) is 21.1. The Hall–Kier alpha value is -2.97. The molecule has 0 spiro atoms. The number of hydrogen-bond donors (Lipinski definition) is 2. The number of nitrogens with zero attached hydrogens (tertiary/aromatic N) is 2. The maximum Gasteiger partial charge on any atom is 0.261 e. The van der Waals surface area contributed by atoms with E-state index in [-0.39, 0.29) is 17.6 Å². The molecule has 2 aromatic rings. The van der Waals surface area contributed by atoms with Gasteiger partial charge in [0, 0.05) is 29.6 Å². The third kappa shape index (κ3) is 9.66. The molecular formula is C24H28ClN3O6S. The second kappa shape index (κ2) is 13.2. The first kappa shape index (κ1) is 28.3. The van der Waals surface area contributed by atoms with Crippen molar-refractivity contribution in [2.75, 3.05) is 39.5 Å². The zero-order valence-electron chi connectivity index (χ0n) is 19.5. The van der Waals surface area contributed by atoms with Crippen molar-refractivity contribution in [3.63, 3.8) is 0 Å². The summed E-state index contributed by atoms with van der Waals surface area (Å²) < 4.78 is 31.1. The molecule has 1 aliphatic rings. The molecule has 2 aromatic carbocycles. The first-order valence-corrected chi connectivity index (χ1v) is 13.1. The Morgan fingerprint density at radius 3 is 2.34 bits per heavy atom. The highest BCUT2D eigenvalue weighted by molar-refractivity contribution is 7.85. The van der Waals surface area contributed by atoms with Gasteiger partial charge in [-0.3, -0.25) is 14.1 Å². The number of carbonyl (C=O) groups is 2. The fourth-order valence-corrected chi connectivity index (χ4v) is 3.77. The van der Waals surface area contributed by atoms with Crippen molar-refractivity contribution in [2.24, 2.45) is 5.92 Å². The Kier molecular flexibility index (Phi) is 10.7. The van der Waals surface area contributed by atoms with Crippen LogP contribution in [-0.2, 0) is 10.1 Å². The molecule has 0 unspecified atom stereocenters. The number of amides is 1.